The summed E-state index contributed by atoms with van der Waals surface area (Å²) in [5.74, 6) is 0.747. The van der Waals surface area contributed by atoms with Gasteiger partial charge in [-0.2, -0.15) is 0 Å². The molecular formula is C16H27N3S. The Balaban J connectivity index is 1.63. The van der Waals surface area contributed by atoms with Crippen molar-refractivity contribution < 1.29 is 0 Å². The van der Waals surface area contributed by atoms with E-state index in [0.29, 0.717) is 5.41 Å². The smallest absolute Gasteiger partial charge is 0.123 e. The Morgan fingerprint density at radius 1 is 1.25 bits per heavy atom. The van der Waals surface area contributed by atoms with E-state index in [1.807, 2.05) is 11.3 Å². The molecule has 1 aromatic rings. The summed E-state index contributed by atoms with van der Waals surface area (Å²) in [5.41, 5.74) is 0.355. The number of aromatic nitrogens is 2. The Hall–Kier alpha value is -0.480. The first-order chi connectivity index (χ1) is 9.68. The van der Waals surface area contributed by atoms with Crippen LogP contribution >= 0.6 is 11.3 Å². The fourth-order valence-electron chi connectivity index (χ4n) is 3.58. The summed E-state index contributed by atoms with van der Waals surface area (Å²) in [4.78, 5) is 0. The molecule has 1 aromatic heterocycles. The summed E-state index contributed by atoms with van der Waals surface area (Å²) < 4.78 is 0. The van der Waals surface area contributed by atoms with Crippen LogP contribution in [-0.4, -0.2) is 22.8 Å². The molecule has 1 heterocycles. The second-order valence-electron chi connectivity index (χ2n) is 7.06. The molecule has 0 aliphatic heterocycles. The first-order valence-corrected chi connectivity index (χ1v) is 9.06. The summed E-state index contributed by atoms with van der Waals surface area (Å²) in [7, 11) is 0. The van der Waals surface area contributed by atoms with Crippen molar-refractivity contribution in [2.75, 3.05) is 6.54 Å². The average Bonchev–Trinajstić information content (AvgIpc) is 2.89. The van der Waals surface area contributed by atoms with Crippen molar-refractivity contribution in [2.45, 2.75) is 76.7 Å². The summed E-state index contributed by atoms with van der Waals surface area (Å²) in [5, 5.41) is 15.2. The Kier molecular flexibility index (Phi) is 4.41. The summed E-state index contributed by atoms with van der Waals surface area (Å²) in [6.45, 7) is 5.74. The Morgan fingerprint density at radius 3 is 2.65 bits per heavy atom. The molecule has 20 heavy (non-hydrogen) atoms. The van der Waals surface area contributed by atoms with Crippen LogP contribution < -0.4 is 5.32 Å². The Morgan fingerprint density at radius 2 is 2.00 bits per heavy atom. The molecule has 0 unspecified atom stereocenters. The lowest BCUT2D eigenvalue weighted by Crippen LogP contribution is -2.24. The van der Waals surface area contributed by atoms with E-state index in [1.165, 1.54) is 55.0 Å². The SMILES string of the molecule is CC(C)CC1(c2nnc(CCNC3CC3)s2)CCCC1. The lowest BCUT2D eigenvalue weighted by atomic mass is 9.79. The zero-order valence-electron chi connectivity index (χ0n) is 12.8. The monoisotopic (exact) mass is 293 g/mol. The van der Waals surface area contributed by atoms with Gasteiger partial charge in [0.1, 0.15) is 10.0 Å². The molecular weight excluding hydrogens is 266 g/mol. The van der Waals surface area contributed by atoms with Crippen LogP contribution in [0, 0.1) is 5.92 Å². The van der Waals surface area contributed by atoms with Crippen LogP contribution in [0.3, 0.4) is 0 Å². The van der Waals surface area contributed by atoms with Crippen LogP contribution in [0.15, 0.2) is 0 Å². The standard InChI is InChI=1S/C16H27N3S/c1-12(2)11-16(8-3-4-9-16)15-19-18-14(20-15)7-10-17-13-5-6-13/h12-13,17H,3-11H2,1-2H3. The van der Waals surface area contributed by atoms with Gasteiger partial charge in [0, 0.05) is 24.4 Å². The average molecular weight is 293 g/mol. The van der Waals surface area contributed by atoms with Crippen molar-refractivity contribution in [2.24, 2.45) is 5.92 Å². The van der Waals surface area contributed by atoms with E-state index in [9.17, 15) is 0 Å². The summed E-state index contributed by atoms with van der Waals surface area (Å²) >= 11 is 1.88. The molecule has 0 saturated heterocycles. The molecule has 2 saturated carbocycles. The van der Waals surface area contributed by atoms with Crippen molar-refractivity contribution in [1.82, 2.24) is 15.5 Å². The number of nitrogens with zero attached hydrogens (tertiary/aromatic N) is 2. The van der Waals surface area contributed by atoms with E-state index >= 15 is 0 Å². The van der Waals surface area contributed by atoms with E-state index < -0.39 is 0 Å². The number of hydrogen-bond donors (Lipinski definition) is 1. The van der Waals surface area contributed by atoms with Crippen LogP contribution in [0.4, 0.5) is 0 Å². The summed E-state index contributed by atoms with van der Waals surface area (Å²) in [6.07, 6.45) is 10.4. The predicted octanol–water partition coefficient (Wildman–Crippen LogP) is 3.69. The topological polar surface area (TPSA) is 37.8 Å². The minimum absolute atomic E-state index is 0.355. The van der Waals surface area contributed by atoms with Crippen LogP contribution in [0.5, 0.6) is 0 Å². The number of rotatable bonds is 7. The van der Waals surface area contributed by atoms with E-state index in [0.717, 1.165) is 24.9 Å². The molecule has 0 amide bonds. The number of nitrogens with one attached hydrogen (secondary N) is 1. The minimum atomic E-state index is 0.355. The molecule has 2 aliphatic rings. The van der Waals surface area contributed by atoms with Crippen molar-refractivity contribution in [3.8, 4) is 0 Å². The van der Waals surface area contributed by atoms with Crippen molar-refractivity contribution >= 4 is 11.3 Å². The van der Waals surface area contributed by atoms with E-state index in [-0.39, 0.29) is 0 Å². The summed E-state index contributed by atoms with van der Waals surface area (Å²) in [6, 6.07) is 0.796. The fourth-order valence-corrected chi connectivity index (χ4v) is 4.67. The van der Waals surface area contributed by atoms with Crippen LogP contribution in [-0.2, 0) is 11.8 Å². The first kappa shape index (κ1) is 14.5. The van der Waals surface area contributed by atoms with Gasteiger partial charge in [0.25, 0.3) is 0 Å². The predicted molar refractivity (Wildman–Crippen MR) is 84.2 cm³/mol. The molecule has 4 heteroatoms. The van der Waals surface area contributed by atoms with Gasteiger partial charge in [-0.25, -0.2) is 0 Å². The van der Waals surface area contributed by atoms with Gasteiger partial charge in [0.15, 0.2) is 0 Å². The molecule has 2 fully saturated rings. The molecule has 2 aliphatic carbocycles. The quantitative estimate of drug-likeness (QED) is 0.833. The highest BCUT2D eigenvalue weighted by molar-refractivity contribution is 7.11. The molecule has 0 aromatic carbocycles. The van der Waals surface area contributed by atoms with Crippen LogP contribution in [0.2, 0.25) is 0 Å². The maximum absolute atomic E-state index is 4.58. The molecule has 112 valence electrons. The Bertz CT molecular complexity index is 431. The van der Waals surface area contributed by atoms with Crippen molar-refractivity contribution in [3.63, 3.8) is 0 Å². The zero-order chi connectivity index (χ0) is 14.0. The lowest BCUT2D eigenvalue weighted by molar-refractivity contribution is 0.343. The second-order valence-corrected chi connectivity index (χ2v) is 8.13. The number of hydrogen-bond acceptors (Lipinski definition) is 4. The van der Waals surface area contributed by atoms with Gasteiger partial charge in [0.05, 0.1) is 0 Å². The molecule has 0 atom stereocenters. The van der Waals surface area contributed by atoms with Gasteiger partial charge >= 0.3 is 0 Å². The van der Waals surface area contributed by atoms with Gasteiger partial charge in [-0.1, -0.05) is 26.7 Å². The normalized spacial score (nSPS) is 21.8. The van der Waals surface area contributed by atoms with E-state index in [4.69, 9.17) is 0 Å². The largest absolute Gasteiger partial charge is 0.314 e. The fraction of sp³-hybridized carbons (Fsp3) is 0.875. The third-order valence-corrected chi connectivity index (χ3v) is 5.86. The maximum Gasteiger partial charge on any atom is 0.123 e. The van der Waals surface area contributed by atoms with Crippen LogP contribution in [0.1, 0.15) is 68.8 Å². The zero-order valence-corrected chi connectivity index (χ0v) is 13.6. The van der Waals surface area contributed by atoms with Gasteiger partial charge < -0.3 is 5.32 Å². The highest BCUT2D eigenvalue weighted by Gasteiger charge is 2.39. The molecule has 0 radical (unpaired) electrons. The van der Waals surface area contributed by atoms with Crippen LogP contribution in [0.25, 0.3) is 0 Å². The van der Waals surface area contributed by atoms with E-state index in [1.54, 1.807) is 0 Å². The lowest BCUT2D eigenvalue weighted by Gasteiger charge is -2.27. The van der Waals surface area contributed by atoms with Crippen molar-refractivity contribution in [1.29, 1.82) is 0 Å². The molecule has 3 nitrogen and oxygen atoms in total. The highest BCUT2D eigenvalue weighted by atomic mass is 32.1. The van der Waals surface area contributed by atoms with Gasteiger partial charge in [0.2, 0.25) is 0 Å². The van der Waals surface area contributed by atoms with Gasteiger partial charge in [-0.15, -0.1) is 21.5 Å². The maximum atomic E-state index is 4.58. The third-order valence-electron chi connectivity index (χ3n) is 4.63. The second kappa shape index (κ2) is 6.10. The molecule has 0 spiro atoms. The Labute approximate surface area is 126 Å². The van der Waals surface area contributed by atoms with Crippen molar-refractivity contribution in [3.05, 3.63) is 10.0 Å². The van der Waals surface area contributed by atoms with E-state index in [2.05, 4.69) is 29.4 Å². The first-order valence-electron chi connectivity index (χ1n) is 8.24. The van der Waals surface area contributed by atoms with Gasteiger partial charge in [-0.05, 0) is 38.0 Å². The highest BCUT2D eigenvalue weighted by Crippen LogP contribution is 2.46. The third kappa shape index (κ3) is 3.40. The van der Waals surface area contributed by atoms with Gasteiger partial charge in [-0.3, -0.25) is 0 Å². The molecule has 1 N–H and O–H groups in total. The minimum Gasteiger partial charge on any atom is -0.314 e. The molecule has 0 bridgehead atoms. The molecule has 3 rings (SSSR count).